The molecule has 0 saturated heterocycles. The molecule has 1 fully saturated rings. The molecule has 0 unspecified atom stereocenters. The molecule has 0 aliphatic heterocycles. The van der Waals surface area contributed by atoms with E-state index in [2.05, 4.69) is 18.6 Å². The van der Waals surface area contributed by atoms with Crippen LogP contribution in [0.2, 0.25) is 0 Å². The topological polar surface area (TPSA) is 75.6 Å². The fourth-order valence-corrected chi connectivity index (χ4v) is 4.02. The lowest BCUT2D eigenvalue weighted by Gasteiger charge is -2.29. The highest BCUT2D eigenvalue weighted by atomic mass is 32.2. The van der Waals surface area contributed by atoms with Gasteiger partial charge in [-0.05, 0) is 55.2 Å². The second kappa shape index (κ2) is 10.5. The zero-order valence-electron chi connectivity index (χ0n) is 17.7. The van der Waals surface area contributed by atoms with Gasteiger partial charge in [-0.3, -0.25) is 0 Å². The molecular formula is C22H34FNO4S. The van der Waals surface area contributed by atoms with Gasteiger partial charge in [0.25, 0.3) is 0 Å². The third kappa shape index (κ3) is 7.39. The minimum Gasteiger partial charge on any atom is -0.490 e. The largest absolute Gasteiger partial charge is 0.490 e. The smallest absolute Gasteiger partial charge is 0.215 e. The molecule has 0 aromatic heterocycles. The Bertz CT molecular complexity index is 790. The summed E-state index contributed by atoms with van der Waals surface area (Å²) in [5.74, 6) is 0.395. The van der Waals surface area contributed by atoms with E-state index in [0.717, 1.165) is 19.3 Å². The summed E-state index contributed by atoms with van der Waals surface area (Å²) < 4.78 is 46.7. The molecule has 5 nitrogen and oxygen atoms in total. The molecule has 164 valence electrons. The zero-order valence-corrected chi connectivity index (χ0v) is 18.5. The molecule has 0 bridgehead atoms. The number of benzene rings is 1. The molecule has 0 radical (unpaired) electrons. The van der Waals surface area contributed by atoms with E-state index in [1.165, 1.54) is 24.6 Å². The van der Waals surface area contributed by atoms with Gasteiger partial charge in [-0.2, -0.15) is 0 Å². The summed E-state index contributed by atoms with van der Waals surface area (Å²) in [7, 11) is -3.57. The standard InChI is InChI=1S/C22H34FNO4S/c1-4-22(25,16-24-29(26,27)13-6-5-8-17(2)3)19-11-12-20(23)21(14-19)28-15-18-9-7-10-18/h5-6,11-12,14,17-18,24-25H,4,7-10,13,15-16H2,1-3H3/b6-5+/t22-/m1/s1. The van der Waals surface area contributed by atoms with Crippen LogP contribution in [0.4, 0.5) is 4.39 Å². The van der Waals surface area contributed by atoms with Crippen molar-refractivity contribution in [2.24, 2.45) is 11.8 Å². The van der Waals surface area contributed by atoms with Gasteiger partial charge in [-0.25, -0.2) is 17.5 Å². The fraction of sp³-hybridized carbons (Fsp3) is 0.636. The van der Waals surface area contributed by atoms with Crippen molar-refractivity contribution >= 4 is 10.0 Å². The van der Waals surface area contributed by atoms with Gasteiger partial charge in [0.1, 0.15) is 5.60 Å². The second-order valence-corrected chi connectivity index (χ2v) is 10.2. The molecular weight excluding hydrogens is 393 g/mol. The van der Waals surface area contributed by atoms with Gasteiger partial charge in [0.15, 0.2) is 11.6 Å². The van der Waals surface area contributed by atoms with E-state index < -0.39 is 21.4 Å². The Morgan fingerprint density at radius 1 is 1.34 bits per heavy atom. The van der Waals surface area contributed by atoms with E-state index >= 15 is 0 Å². The van der Waals surface area contributed by atoms with Gasteiger partial charge in [-0.1, -0.05) is 45.4 Å². The molecule has 0 heterocycles. The van der Waals surface area contributed by atoms with E-state index in [-0.39, 0.29) is 24.5 Å². The normalized spacial score (nSPS) is 17.4. The predicted molar refractivity (Wildman–Crippen MR) is 114 cm³/mol. The van der Waals surface area contributed by atoms with Crippen molar-refractivity contribution in [2.75, 3.05) is 18.9 Å². The average Bonchev–Trinajstić information content (AvgIpc) is 2.63. The van der Waals surface area contributed by atoms with Crippen LogP contribution in [0.5, 0.6) is 5.75 Å². The summed E-state index contributed by atoms with van der Waals surface area (Å²) in [6.45, 7) is 6.16. The number of hydrogen-bond donors (Lipinski definition) is 2. The summed E-state index contributed by atoms with van der Waals surface area (Å²) in [5, 5.41) is 11.0. The second-order valence-electron chi connectivity index (χ2n) is 8.34. The Labute approximate surface area is 174 Å². The Morgan fingerprint density at radius 2 is 2.07 bits per heavy atom. The van der Waals surface area contributed by atoms with Gasteiger partial charge in [-0.15, -0.1) is 0 Å². The van der Waals surface area contributed by atoms with Gasteiger partial charge in [0, 0.05) is 6.54 Å². The van der Waals surface area contributed by atoms with Crippen molar-refractivity contribution in [3.05, 3.63) is 41.7 Å². The number of hydrogen-bond acceptors (Lipinski definition) is 4. The SMILES string of the molecule is CC[C@@](O)(CNS(=O)(=O)C/C=C/CC(C)C)c1ccc(F)c(OCC2CCC2)c1. The van der Waals surface area contributed by atoms with Gasteiger partial charge < -0.3 is 9.84 Å². The number of sulfonamides is 1. The molecule has 0 spiro atoms. The van der Waals surface area contributed by atoms with Crippen molar-refractivity contribution in [1.29, 1.82) is 0 Å². The Hall–Kier alpha value is -1.44. The highest BCUT2D eigenvalue weighted by molar-refractivity contribution is 7.89. The molecule has 0 amide bonds. The van der Waals surface area contributed by atoms with Crippen LogP contribution >= 0.6 is 0 Å². The number of aliphatic hydroxyl groups is 1. The lowest BCUT2D eigenvalue weighted by molar-refractivity contribution is 0.0376. The third-order valence-electron chi connectivity index (χ3n) is 5.43. The maximum atomic E-state index is 14.1. The van der Waals surface area contributed by atoms with E-state index in [1.807, 2.05) is 6.08 Å². The first-order valence-electron chi connectivity index (χ1n) is 10.4. The van der Waals surface area contributed by atoms with Gasteiger partial charge >= 0.3 is 0 Å². The number of ether oxygens (including phenoxy) is 1. The number of halogens is 1. The molecule has 2 N–H and O–H groups in total. The molecule has 1 saturated carbocycles. The van der Waals surface area contributed by atoms with Crippen LogP contribution in [-0.2, 0) is 15.6 Å². The summed E-state index contributed by atoms with van der Waals surface area (Å²) in [6.07, 6.45) is 7.92. The van der Waals surface area contributed by atoms with Crippen LogP contribution in [0.15, 0.2) is 30.4 Å². The van der Waals surface area contributed by atoms with E-state index in [1.54, 1.807) is 13.0 Å². The van der Waals surface area contributed by atoms with Crippen LogP contribution in [0.3, 0.4) is 0 Å². The summed E-state index contributed by atoms with van der Waals surface area (Å²) in [5.41, 5.74) is -1.01. The van der Waals surface area contributed by atoms with Crippen LogP contribution in [0.25, 0.3) is 0 Å². The number of rotatable bonds is 12. The molecule has 1 aliphatic carbocycles. The molecule has 1 aromatic carbocycles. The quantitative estimate of drug-likeness (QED) is 0.492. The minimum atomic E-state index is -3.57. The minimum absolute atomic E-state index is 0.0979. The first-order valence-corrected chi connectivity index (χ1v) is 12.1. The molecule has 1 atom stereocenters. The Morgan fingerprint density at radius 3 is 2.66 bits per heavy atom. The van der Waals surface area contributed by atoms with Crippen molar-refractivity contribution in [3.8, 4) is 5.75 Å². The zero-order chi connectivity index (χ0) is 21.5. The molecule has 2 rings (SSSR count). The Kier molecular flexibility index (Phi) is 8.67. The van der Waals surface area contributed by atoms with Gasteiger partial charge in [0.2, 0.25) is 10.0 Å². The summed E-state index contributed by atoms with van der Waals surface area (Å²) >= 11 is 0. The maximum Gasteiger partial charge on any atom is 0.215 e. The summed E-state index contributed by atoms with van der Waals surface area (Å²) in [4.78, 5) is 0. The average molecular weight is 428 g/mol. The van der Waals surface area contributed by atoms with Crippen molar-refractivity contribution in [3.63, 3.8) is 0 Å². The first-order chi connectivity index (χ1) is 13.6. The fourth-order valence-electron chi connectivity index (χ4n) is 3.05. The maximum absolute atomic E-state index is 14.1. The lowest BCUT2D eigenvalue weighted by atomic mass is 9.86. The third-order valence-corrected chi connectivity index (χ3v) is 6.64. The number of nitrogens with one attached hydrogen (secondary N) is 1. The highest BCUT2D eigenvalue weighted by Gasteiger charge is 2.30. The van der Waals surface area contributed by atoms with Crippen molar-refractivity contribution < 1.29 is 22.7 Å². The molecule has 1 aliphatic rings. The van der Waals surface area contributed by atoms with Crippen LogP contribution < -0.4 is 9.46 Å². The highest BCUT2D eigenvalue weighted by Crippen LogP contribution is 2.31. The van der Waals surface area contributed by atoms with Gasteiger partial charge in [0.05, 0.1) is 12.4 Å². The monoisotopic (exact) mass is 427 g/mol. The van der Waals surface area contributed by atoms with Crippen molar-refractivity contribution in [2.45, 2.75) is 58.5 Å². The van der Waals surface area contributed by atoms with Crippen LogP contribution in [-0.4, -0.2) is 32.4 Å². The van der Waals surface area contributed by atoms with E-state index in [4.69, 9.17) is 4.74 Å². The van der Waals surface area contributed by atoms with E-state index in [9.17, 15) is 17.9 Å². The number of allylic oxidation sites excluding steroid dienone is 1. The van der Waals surface area contributed by atoms with Crippen molar-refractivity contribution in [1.82, 2.24) is 4.72 Å². The first kappa shape index (κ1) is 23.8. The Balaban J connectivity index is 2.02. The van der Waals surface area contributed by atoms with Crippen LogP contribution in [0.1, 0.15) is 58.4 Å². The summed E-state index contributed by atoms with van der Waals surface area (Å²) in [6, 6.07) is 4.22. The molecule has 1 aromatic rings. The van der Waals surface area contributed by atoms with E-state index in [0.29, 0.717) is 24.0 Å². The molecule has 29 heavy (non-hydrogen) atoms. The lowest BCUT2D eigenvalue weighted by Crippen LogP contribution is -2.41. The molecule has 7 heteroatoms. The predicted octanol–water partition coefficient (Wildman–Crippen LogP) is 4.12. The van der Waals surface area contributed by atoms with Crippen LogP contribution in [0, 0.1) is 17.7 Å².